The van der Waals surface area contributed by atoms with E-state index in [1.165, 1.54) is 17.7 Å². The lowest BCUT2D eigenvalue weighted by atomic mass is 9.97. The molecule has 1 fully saturated rings. The first kappa shape index (κ1) is 16.8. The van der Waals surface area contributed by atoms with Crippen molar-refractivity contribution < 1.29 is 9.21 Å². The highest BCUT2D eigenvalue weighted by Crippen LogP contribution is 2.29. The minimum Gasteiger partial charge on any atom is -0.465 e. The van der Waals surface area contributed by atoms with Crippen LogP contribution >= 0.6 is 11.3 Å². The fourth-order valence-electron chi connectivity index (χ4n) is 3.15. The van der Waals surface area contributed by atoms with Crippen LogP contribution in [0.4, 0.5) is 5.13 Å². The Balaban J connectivity index is 1.43. The van der Waals surface area contributed by atoms with Crippen LogP contribution in [0, 0.1) is 12.8 Å². The first-order valence-electron chi connectivity index (χ1n) is 8.52. The molecular formula is C17H19N5O3S. The average molecular weight is 373 g/mol. The smallest absolute Gasteiger partial charge is 0.270 e. The monoisotopic (exact) mass is 373 g/mol. The minimum atomic E-state index is -0.182. The second-order valence-corrected chi connectivity index (χ2v) is 7.37. The highest BCUT2D eigenvalue weighted by Gasteiger charge is 2.27. The molecule has 136 valence electrons. The Bertz CT molecular complexity index is 992. The summed E-state index contributed by atoms with van der Waals surface area (Å²) in [6.45, 7) is 3.67. The minimum absolute atomic E-state index is 0.0147. The zero-order valence-electron chi connectivity index (χ0n) is 14.3. The fourth-order valence-corrected chi connectivity index (χ4v) is 4.10. The molecule has 0 saturated carbocycles. The summed E-state index contributed by atoms with van der Waals surface area (Å²) >= 11 is 1.32. The number of anilines is 1. The molecule has 1 saturated heterocycles. The van der Waals surface area contributed by atoms with Gasteiger partial charge in [-0.05, 0) is 31.9 Å². The summed E-state index contributed by atoms with van der Waals surface area (Å²) in [4.78, 5) is 37.6. The van der Waals surface area contributed by atoms with Gasteiger partial charge in [0.15, 0.2) is 10.8 Å². The number of hydrogen-bond acceptors (Lipinski definition) is 7. The molecule has 0 bridgehead atoms. The quantitative estimate of drug-likeness (QED) is 0.723. The van der Waals surface area contributed by atoms with Gasteiger partial charge in [-0.15, -0.1) is 0 Å². The Morgan fingerprint density at radius 1 is 1.50 bits per heavy atom. The summed E-state index contributed by atoms with van der Waals surface area (Å²) in [5, 5.41) is 3.69. The first-order chi connectivity index (χ1) is 12.6. The van der Waals surface area contributed by atoms with E-state index in [4.69, 9.17) is 4.42 Å². The maximum atomic E-state index is 12.5. The summed E-state index contributed by atoms with van der Waals surface area (Å²) in [5.74, 6) is 1.48. The van der Waals surface area contributed by atoms with Crippen molar-refractivity contribution in [2.75, 3.05) is 18.0 Å². The molecule has 0 aromatic carbocycles. The molecule has 0 unspecified atom stereocenters. The van der Waals surface area contributed by atoms with Gasteiger partial charge >= 0.3 is 0 Å². The number of nitrogens with one attached hydrogen (secondary N) is 2. The van der Waals surface area contributed by atoms with Gasteiger partial charge < -0.3 is 19.6 Å². The molecule has 2 N–H and O–H groups in total. The van der Waals surface area contributed by atoms with E-state index in [1.807, 2.05) is 19.1 Å². The van der Waals surface area contributed by atoms with Gasteiger partial charge in [-0.3, -0.25) is 9.59 Å². The molecule has 3 aromatic heterocycles. The molecule has 0 spiro atoms. The third kappa shape index (κ3) is 3.34. The highest BCUT2D eigenvalue weighted by molar-refractivity contribution is 7.22. The Morgan fingerprint density at radius 2 is 2.38 bits per heavy atom. The molecule has 1 aliphatic rings. The predicted octanol–water partition coefficient (Wildman–Crippen LogP) is 1.81. The molecule has 1 aliphatic heterocycles. The van der Waals surface area contributed by atoms with Crippen molar-refractivity contribution in [1.29, 1.82) is 0 Å². The van der Waals surface area contributed by atoms with Gasteiger partial charge in [0.2, 0.25) is 5.91 Å². The average Bonchev–Trinajstić information content (AvgIpc) is 3.27. The van der Waals surface area contributed by atoms with Crippen LogP contribution in [0.2, 0.25) is 0 Å². The van der Waals surface area contributed by atoms with E-state index >= 15 is 0 Å². The van der Waals surface area contributed by atoms with Crippen molar-refractivity contribution in [1.82, 2.24) is 20.3 Å². The van der Waals surface area contributed by atoms with Crippen LogP contribution in [-0.2, 0) is 11.3 Å². The zero-order chi connectivity index (χ0) is 18.1. The molecule has 8 nitrogen and oxygen atoms in total. The summed E-state index contributed by atoms with van der Waals surface area (Å²) < 4.78 is 6.00. The Kier molecular flexibility index (Phi) is 4.46. The number of hydrogen-bond donors (Lipinski definition) is 2. The first-order valence-corrected chi connectivity index (χ1v) is 9.34. The Labute approximate surface area is 153 Å². The number of nitrogens with zero attached hydrogens (tertiary/aromatic N) is 3. The van der Waals surface area contributed by atoms with Crippen molar-refractivity contribution in [2.24, 2.45) is 5.92 Å². The zero-order valence-corrected chi connectivity index (χ0v) is 15.1. The molecular weight excluding hydrogens is 354 g/mol. The highest BCUT2D eigenvalue weighted by atomic mass is 32.1. The van der Waals surface area contributed by atoms with Crippen LogP contribution in [0.1, 0.15) is 24.4 Å². The Hall–Kier alpha value is -2.68. The maximum Gasteiger partial charge on any atom is 0.270 e. The number of fused-ring (bicyclic) bond motifs is 1. The van der Waals surface area contributed by atoms with E-state index in [0.717, 1.165) is 36.0 Å². The van der Waals surface area contributed by atoms with Crippen LogP contribution in [0.3, 0.4) is 0 Å². The van der Waals surface area contributed by atoms with Crippen molar-refractivity contribution in [3.8, 4) is 0 Å². The van der Waals surface area contributed by atoms with Crippen molar-refractivity contribution in [3.05, 3.63) is 40.3 Å². The van der Waals surface area contributed by atoms with Gasteiger partial charge in [0.05, 0.1) is 18.8 Å². The molecule has 4 rings (SSSR count). The maximum absolute atomic E-state index is 12.5. The lowest BCUT2D eigenvalue weighted by molar-refractivity contribution is -0.125. The largest absolute Gasteiger partial charge is 0.465 e. The second-order valence-electron chi connectivity index (χ2n) is 6.40. The van der Waals surface area contributed by atoms with Crippen LogP contribution < -0.4 is 15.8 Å². The number of piperidine rings is 1. The molecule has 26 heavy (non-hydrogen) atoms. The van der Waals surface area contributed by atoms with E-state index in [-0.39, 0.29) is 17.4 Å². The van der Waals surface area contributed by atoms with Crippen LogP contribution in [0.5, 0.6) is 0 Å². The third-order valence-corrected chi connectivity index (χ3v) is 5.59. The standard InChI is InChI=1S/C17H19N5O3S/c1-10-4-5-12(25-10)7-18-15(23)11-3-2-6-22(8-11)17-21-14-13(26-17)16(24)20-9-19-14/h4-5,9,11H,2-3,6-8H2,1H3,(H,18,23)(H,19,20,24)/t11-/m0/s1. The summed E-state index contributed by atoms with van der Waals surface area (Å²) in [5.41, 5.74) is 0.271. The van der Waals surface area contributed by atoms with E-state index in [9.17, 15) is 9.59 Å². The SMILES string of the molecule is Cc1ccc(CNC(=O)[C@H]2CCCN(c3nc4nc[nH]c(=O)c4s3)C2)o1. The molecule has 1 atom stereocenters. The number of H-pyrrole nitrogens is 1. The summed E-state index contributed by atoms with van der Waals surface area (Å²) in [7, 11) is 0. The third-order valence-electron chi connectivity index (χ3n) is 4.48. The van der Waals surface area contributed by atoms with Crippen LogP contribution in [0.25, 0.3) is 10.3 Å². The molecule has 4 heterocycles. The van der Waals surface area contributed by atoms with Gasteiger partial charge in [-0.1, -0.05) is 11.3 Å². The number of aryl methyl sites for hydroxylation is 1. The van der Waals surface area contributed by atoms with Crippen LogP contribution in [-0.4, -0.2) is 33.9 Å². The predicted molar refractivity (Wildman–Crippen MR) is 98.3 cm³/mol. The Morgan fingerprint density at radius 3 is 3.15 bits per heavy atom. The van der Waals surface area contributed by atoms with Gasteiger partial charge in [0.25, 0.3) is 5.56 Å². The number of carbonyl (C=O) groups excluding carboxylic acids is 1. The number of rotatable bonds is 4. The van der Waals surface area contributed by atoms with Crippen LogP contribution in [0.15, 0.2) is 27.7 Å². The molecule has 0 radical (unpaired) electrons. The number of aromatic amines is 1. The van der Waals surface area contributed by atoms with E-state index in [1.54, 1.807) is 0 Å². The molecule has 1 amide bonds. The second kappa shape index (κ2) is 6.91. The van der Waals surface area contributed by atoms with E-state index in [0.29, 0.717) is 23.4 Å². The number of carbonyl (C=O) groups is 1. The van der Waals surface area contributed by atoms with Gasteiger partial charge in [0, 0.05) is 13.1 Å². The molecule has 3 aromatic rings. The van der Waals surface area contributed by atoms with Crippen molar-refractivity contribution >= 4 is 32.7 Å². The lowest BCUT2D eigenvalue weighted by Gasteiger charge is -2.31. The normalized spacial score (nSPS) is 17.6. The topological polar surface area (TPSA) is 104 Å². The number of furan rings is 1. The molecule has 9 heteroatoms. The summed E-state index contributed by atoms with van der Waals surface area (Å²) in [6.07, 6.45) is 3.10. The van der Waals surface area contributed by atoms with Crippen molar-refractivity contribution in [3.63, 3.8) is 0 Å². The van der Waals surface area contributed by atoms with E-state index < -0.39 is 0 Å². The van der Waals surface area contributed by atoms with Crippen molar-refractivity contribution in [2.45, 2.75) is 26.3 Å². The van der Waals surface area contributed by atoms with E-state index in [2.05, 4.69) is 25.2 Å². The number of aromatic nitrogens is 3. The summed E-state index contributed by atoms with van der Waals surface area (Å²) in [6, 6.07) is 3.75. The number of amides is 1. The van der Waals surface area contributed by atoms with Gasteiger partial charge in [-0.2, -0.15) is 4.98 Å². The van der Waals surface area contributed by atoms with Gasteiger partial charge in [0.1, 0.15) is 16.2 Å². The molecule has 0 aliphatic carbocycles. The van der Waals surface area contributed by atoms with Gasteiger partial charge in [-0.25, -0.2) is 4.98 Å². The number of thiazole rings is 1. The lowest BCUT2D eigenvalue weighted by Crippen LogP contribution is -2.42. The fraction of sp³-hybridized carbons (Fsp3) is 0.412.